The summed E-state index contributed by atoms with van der Waals surface area (Å²) < 4.78 is 30.4. The van der Waals surface area contributed by atoms with Crippen LogP contribution in [0.4, 0.5) is 0 Å². The molecule has 3 atom stereocenters. The van der Waals surface area contributed by atoms with Crippen LogP contribution in [0, 0.1) is 0 Å². The zero-order chi connectivity index (χ0) is 24.8. The molecule has 0 spiro atoms. The summed E-state index contributed by atoms with van der Waals surface area (Å²) in [4.78, 5) is 0. The van der Waals surface area contributed by atoms with E-state index in [4.69, 9.17) is 23.4 Å². The zero-order valence-electron chi connectivity index (χ0n) is 21.5. The molecule has 0 heterocycles. The predicted molar refractivity (Wildman–Crippen MR) is 141 cm³/mol. The molecule has 0 bridgehead atoms. The number of hydrogen-bond acceptors (Lipinski definition) is 5. The Bertz CT molecular complexity index is 799. The summed E-state index contributed by atoms with van der Waals surface area (Å²) in [7, 11) is 1.51. The van der Waals surface area contributed by atoms with Gasteiger partial charge in [0.25, 0.3) is 0 Å². The number of methoxy groups -OCH3 is 2. The first-order valence-corrected chi connectivity index (χ1v) is 14.8. The third-order valence-corrected chi connectivity index (χ3v) is 11.2. The molecule has 0 unspecified atom stereocenters. The quantitative estimate of drug-likeness (QED) is 0.192. The van der Waals surface area contributed by atoms with Crippen LogP contribution >= 0.6 is 0 Å². The van der Waals surface area contributed by atoms with Gasteiger partial charge in [-0.2, -0.15) is 0 Å². The van der Waals surface area contributed by atoms with Gasteiger partial charge in [0, 0.05) is 7.11 Å². The molecule has 6 heteroatoms. The molecule has 0 saturated carbocycles. The summed E-state index contributed by atoms with van der Waals surface area (Å²) >= 11 is 0. The van der Waals surface area contributed by atoms with Crippen molar-refractivity contribution in [1.82, 2.24) is 0 Å². The van der Waals surface area contributed by atoms with Gasteiger partial charge < -0.3 is 23.4 Å². The van der Waals surface area contributed by atoms with Crippen LogP contribution in [0.2, 0.25) is 18.1 Å². The minimum Gasteiger partial charge on any atom is -0.497 e. The van der Waals surface area contributed by atoms with Gasteiger partial charge in [-0.15, -0.1) is 6.58 Å². The van der Waals surface area contributed by atoms with E-state index >= 15 is 0 Å². The molecular formula is C28H42O5Si. The molecule has 5 nitrogen and oxygen atoms in total. The Morgan fingerprint density at radius 2 is 1.47 bits per heavy atom. The Morgan fingerprint density at radius 1 is 0.853 bits per heavy atom. The summed E-state index contributed by atoms with van der Waals surface area (Å²) in [5.74, 6) is 0.827. The molecule has 188 valence electrons. The second kappa shape index (κ2) is 15.1. The van der Waals surface area contributed by atoms with Crippen molar-refractivity contribution >= 4 is 8.32 Å². The maximum absolute atomic E-state index is 6.76. The van der Waals surface area contributed by atoms with Gasteiger partial charge in [-0.3, -0.25) is 0 Å². The van der Waals surface area contributed by atoms with Crippen molar-refractivity contribution in [2.45, 2.75) is 70.4 Å². The minimum atomic E-state index is -1.87. The lowest BCUT2D eigenvalue weighted by Gasteiger charge is -2.37. The molecule has 0 fully saturated rings. The Morgan fingerprint density at radius 3 is 2.00 bits per heavy atom. The van der Waals surface area contributed by atoms with E-state index in [0.29, 0.717) is 19.8 Å². The van der Waals surface area contributed by atoms with Gasteiger partial charge in [0.15, 0.2) is 8.32 Å². The van der Waals surface area contributed by atoms with E-state index in [1.165, 1.54) is 0 Å². The Kier molecular flexibility index (Phi) is 12.6. The largest absolute Gasteiger partial charge is 0.497 e. The van der Waals surface area contributed by atoms with Crippen LogP contribution in [0.1, 0.15) is 31.9 Å². The summed E-state index contributed by atoms with van der Waals surface area (Å²) in [5, 5.41) is 0. The summed E-state index contributed by atoms with van der Waals surface area (Å²) in [5.41, 5.74) is 2.18. The van der Waals surface area contributed by atoms with Gasteiger partial charge >= 0.3 is 0 Å². The maximum atomic E-state index is 6.76. The first-order valence-electron chi connectivity index (χ1n) is 12.2. The monoisotopic (exact) mass is 486 g/mol. The van der Waals surface area contributed by atoms with Crippen molar-refractivity contribution in [3.63, 3.8) is 0 Å². The molecule has 34 heavy (non-hydrogen) atoms. The summed E-state index contributed by atoms with van der Waals surface area (Å²) in [6.07, 6.45) is 0.957. The van der Waals surface area contributed by atoms with Crippen LogP contribution in [0.25, 0.3) is 0 Å². The molecule has 0 saturated heterocycles. The van der Waals surface area contributed by atoms with Crippen molar-refractivity contribution in [3.05, 3.63) is 78.4 Å². The lowest BCUT2D eigenvalue weighted by Crippen LogP contribution is -2.49. The van der Waals surface area contributed by atoms with E-state index in [1.54, 1.807) is 14.2 Å². The zero-order valence-corrected chi connectivity index (χ0v) is 22.5. The van der Waals surface area contributed by atoms with E-state index in [-0.39, 0.29) is 18.3 Å². The molecule has 0 aliphatic carbocycles. The van der Waals surface area contributed by atoms with E-state index < -0.39 is 8.32 Å². The van der Waals surface area contributed by atoms with Gasteiger partial charge in [0.2, 0.25) is 0 Å². The van der Waals surface area contributed by atoms with Crippen molar-refractivity contribution < 1.29 is 23.4 Å². The molecule has 0 aliphatic heterocycles. The van der Waals surface area contributed by atoms with E-state index in [0.717, 1.165) is 35.0 Å². The highest BCUT2D eigenvalue weighted by molar-refractivity contribution is 6.73. The fourth-order valence-electron chi connectivity index (χ4n) is 4.07. The first kappa shape index (κ1) is 28.3. The molecule has 2 aromatic rings. The van der Waals surface area contributed by atoms with Crippen LogP contribution in [0.15, 0.2) is 67.3 Å². The Labute approximate surface area is 207 Å². The van der Waals surface area contributed by atoms with E-state index in [9.17, 15) is 0 Å². The smallest absolute Gasteiger partial charge is 0.193 e. The number of rotatable bonds is 17. The molecule has 0 aliphatic rings. The molecule has 2 aromatic carbocycles. The third-order valence-electron chi connectivity index (χ3n) is 6.53. The maximum Gasteiger partial charge on any atom is 0.193 e. The van der Waals surface area contributed by atoms with Crippen LogP contribution in [-0.2, 0) is 31.9 Å². The highest BCUT2D eigenvalue weighted by Crippen LogP contribution is 2.27. The van der Waals surface area contributed by atoms with Gasteiger partial charge in [-0.25, -0.2) is 0 Å². The molecule has 0 radical (unpaired) electrons. The first-order chi connectivity index (χ1) is 16.5. The van der Waals surface area contributed by atoms with Gasteiger partial charge in [-0.05, 0) is 41.4 Å². The van der Waals surface area contributed by atoms with Crippen LogP contribution in [0.3, 0.4) is 0 Å². The third kappa shape index (κ3) is 8.36. The normalized spacial score (nSPS) is 14.4. The van der Waals surface area contributed by atoms with Gasteiger partial charge in [0.05, 0.1) is 33.0 Å². The lowest BCUT2D eigenvalue weighted by molar-refractivity contribution is -0.125. The highest BCUT2D eigenvalue weighted by atomic mass is 28.4. The second-order valence-electron chi connectivity index (χ2n) is 8.46. The molecule has 0 N–H and O–H groups in total. The van der Waals surface area contributed by atoms with Gasteiger partial charge in [0.1, 0.15) is 18.0 Å². The van der Waals surface area contributed by atoms with Crippen molar-refractivity contribution in [1.29, 1.82) is 0 Å². The average molecular weight is 487 g/mol. The summed E-state index contributed by atoms with van der Waals surface area (Å²) in [6.45, 7) is 12.1. The summed E-state index contributed by atoms with van der Waals surface area (Å²) in [6, 6.07) is 21.2. The molecule has 0 amide bonds. The predicted octanol–water partition coefficient (Wildman–Crippen LogP) is 6.39. The lowest BCUT2D eigenvalue weighted by atomic mass is 10.1. The standard InChI is InChI=1S/C28H42O5Si/c1-7-26(33-34(8-2,9-3)10-4)28(30-6)27(32-21-23-14-12-11-13-15-23)22-31-20-24-16-18-25(29-5)19-17-24/h7,11-19,26-28H,1,8-10,20-22H2,2-6H3/t26-,27-,28-/m1/s1. The fourth-order valence-corrected chi connectivity index (χ4v) is 6.87. The van der Waals surface area contributed by atoms with Crippen LogP contribution in [0.5, 0.6) is 5.75 Å². The molecule has 0 aromatic heterocycles. The topological polar surface area (TPSA) is 46.2 Å². The SMILES string of the molecule is C=C[C@@H](O[Si](CC)(CC)CC)[C@@H](OC)[C@@H](COCc1ccc(OC)cc1)OCc1ccccc1. The van der Waals surface area contributed by atoms with Crippen LogP contribution in [-0.4, -0.2) is 47.5 Å². The number of hydrogen-bond donors (Lipinski definition) is 0. The van der Waals surface area contributed by atoms with Crippen LogP contribution < -0.4 is 4.74 Å². The van der Waals surface area contributed by atoms with Crippen molar-refractivity contribution in [3.8, 4) is 5.75 Å². The average Bonchev–Trinajstić information content (AvgIpc) is 2.90. The number of benzene rings is 2. The molecule has 2 rings (SSSR count). The fraction of sp³-hybridized carbons (Fsp3) is 0.500. The van der Waals surface area contributed by atoms with Crippen molar-refractivity contribution in [2.75, 3.05) is 20.8 Å². The van der Waals surface area contributed by atoms with Crippen molar-refractivity contribution in [2.24, 2.45) is 0 Å². The molecular weight excluding hydrogens is 444 g/mol. The Hall–Kier alpha value is -1.96. The Balaban J connectivity index is 2.15. The van der Waals surface area contributed by atoms with E-state index in [1.807, 2.05) is 48.5 Å². The second-order valence-corrected chi connectivity index (χ2v) is 13.2. The highest BCUT2D eigenvalue weighted by Gasteiger charge is 2.37. The van der Waals surface area contributed by atoms with Gasteiger partial charge in [-0.1, -0.05) is 69.3 Å². The number of ether oxygens (including phenoxy) is 4. The minimum absolute atomic E-state index is 0.262. The van der Waals surface area contributed by atoms with E-state index in [2.05, 4.69) is 39.5 Å².